The molecule has 0 radical (unpaired) electrons. The summed E-state index contributed by atoms with van der Waals surface area (Å²) in [6.07, 6.45) is 4.20. The zero-order chi connectivity index (χ0) is 14.8. The molecule has 3 nitrogen and oxygen atoms in total. The van der Waals surface area contributed by atoms with E-state index in [2.05, 4.69) is 31.3 Å². The highest BCUT2D eigenvalue weighted by molar-refractivity contribution is 5.74. The summed E-state index contributed by atoms with van der Waals surface area (Å²) < 4.78 is 0. The van der Waals surface area contributed by atoms with Crippen LogP contribution in [0.4, 0.5) is 4.79 Å². The highest BCUT2D eigenvalue weighted by Gasteiger charge is 2.17. The second kappa shape index (κ2) is 9.40. The van der Waals surface area contributed by atoms with Gasteiger partial charge in [0.1, 0.15) is 0 Å². The fourth-order valence-corrected chi connectivity index (χ4v) is 2.29. The maximum atomic E-state index is 12.4. The summed E-state index contributed by atoms with van der Waals surface area (Å²) in [5, 5.41) is 3.18. The standard InChI is InChI=1S/C17H28N2O/c1-4-7-14-19(6-3)17(20)18-16(11-5-2)15-12-9-8-10-13-15/h8-10,12-13,16H,4-7,11,14H2,1-3H3,(H,18,20). The van der Waals surface area contributed by atoms with E-state index >= 15 is 0 Å². The number of carbonyl (C=O) groups excluding carboxylic acids is 1. The Morgan fingerprint density at radius 2 is 1.85 bits per heavy atom. The zero-order valence-corrected chi connectivity index (χ0v) is 13.1. The van der Waals surface area contributed by atoms with Gasteiger partial charge < -0.3 is 10.2 Å². The predicted molar refractivity (Wildman–Crippen MR) is 84.8 cm³/mol. The van der Waals surface area contributed by atoms with Gasteiger partial charge in [-0.3, -0.25) is 0 Å². The largest absolute Gasteiger partial charge is 0.331 e. The van der Waals surface area contributed by atoms with E-state index in [0.29, 0.717) is 0 Å². The van der Waals surface area contributed by atoms with E-state index in [1.165, 1.54) is 5.56 Å². The maximum Gasteiger partial charge on any atom is 0.317 e. The molecule has 0 aliphatic rings. The van der Waals surface area contributed by atoms with Crippen LogP contribution in [0.5, 0.6) is 0 Å². The number of hydrogen-bond donors (Lipinski definition) is 1. The van der Waals surface area contributed by atoms with Gasteiger partial charge >= 0.3 is 6.03 Å². The Balaban J connectivity index is 2.67. The van der Waals surface area contributed by atoms with Crippen molar-refractivity contribution < 1.29 is 4.79 Å². The van der Waals surface area contributed by atoms with Gasteiger partial charge in [0.2, 0.25) is 0 Å². The topological polar surface area (TPSA) is 32.3 Å². The van der Waals surface area contributed by atoms with Crippen molar-refractivity contribution in [3.05, 3.63) is 35.9 Å². The average molecular weight is 276 g/mol. The van der Waals surface area contributed by atoms with Gasteiger partial charge in [0, 0.05) is 13.1 Å². The summed E-state index contributed by atoms with van der Waals surface area (Å²) in [7, 11) is 0. The molecule has 0 saturated heterocycles. The molecule has 0 fully saturated rings. The van der Waals surface area contributed by atoms with Crippen LogP contribution in [0.3, 0.4) is 0 Å². The van der Waals surface area contributed by atoms with E-state index < -0.39 is 0 Å². The van der Waals surface area contributed by atoms with Crippen LogP contribution >= 0.6 is 0 Å². The molecule has 0 aromatic heterocycles. The number of amides is 2. The van der Waals surface area contributed by atoms with E-state index in [1.54, 1.807) is 0 Å². The molecular weight excluding hydrogens is 248 g/mol. The van der Waals surface area contributed by atoms with Gasteiger partial charge in [-0.15, -0.1) is 0 Å². The molecule has 1 aromatic carbocycles. The van der Waals surface area contributed by atoms with Crippen molar-refractivity contribution in [1.82, 2.24) is 10.2 Å². The Labute approximate surface area is 123 Å². The molecule has 0 aliphatic heterocycles. The highest BCUT2D eigenvalue weighted by atomic mass is 16.2. The Bertz CT molecular complexity index is 378. The van der Waals surface area contributed by atoms with Crippen LogP contribution in [0.1, 0.15) is 58.1 Å². The first-order chi connectivity index (χ1) is 9.72. The number of urea groups is 1. The van der Waals surface area contributed by atoms with E-state index in [0.717, 1.165) is 38.8 Å². The normalized spacial score (nSPS) is 11.9. The molecule has 1 N–H and O–H groups in total. The lowest BCUT2D eigenvalue weighted by Crippen LogP contribution is -2.42. The number of carbonyl (C=O) groups is 1. The summed E-state index contributed by atoms with van der Waals surface area (Å²) in [5.74, 6) is 0. The van der Waals surface area contributed by atoms with E-state index in [1.807, 2.05) is 30.0 Å². The van der Waals surface area contributed by atoms with Gasteiger partial charge in [0.05, 0.1) is 6.04 Å². The van der Waals surface area contributed by atoms with Gasteiger partial charge in [-0.05, 0) is 25.3 Å². The Morgan fingerprint density at radius 3 is 2.40 bits per heavy atom. The Kier molecular flexibility index (Phi) is 7.78. The summed E-state index contributed by atoms with van der Waals surface area (Å²) in [5.41, 5.74) is 1.19. The van der Waals surface area contributed by atoms with Gasteiger partial charge in [-0.1, -0.05) is 57.0 Å². The maximum absolute atomic E-state index is 12.4. The van der Waals surface area contributed by atoms with Gasteiger partial charge in [-0.25, -0.2) is 4.79 Å². The predicted octanol–water partition coefficient (Wildman–Crippen LogP) is 4.36. The average Bonchev–Trinajstić information content (AvgIpc) is 2.48. The van der Waals surface area contributed by atoms with Gasteiger partial charge in [-0.2, -0.15) is 0 Å². The highest BCUT2D eigenvalue weighted by Crippen LogP contribution is 2.18. The molecular formula is C17H28N2O. The van der Waals surface area contributed by atoms with Crippen LogP contribution in [0.15, 0.2) is 30.3 Å². The molecule has 3 heteroatoms. The van der Waals surface area contributed by atoms with Crippen LogP contribution < -0.4 is 5.32 Å². The molecule has 0 heterocycles. The zero-order valence-electron chi connectivity index (χ0n) is 13.1. The van der Waals surface area contributed by atoms with Crippen LogP contribution in [0.2, 0.25) is 0 Å². The SMILES string of the molecule is CCCCN(CC)C(=O)NC(CCC)c1ccccc1. The molecule has 1 atom stereocenters. The van der Waals surface area contributed by atoms with Crippen molar-refractivity contribution in [2.24, 2.45) is 0 Å². The fraction of sp³-hybridized carbons (Fsp3) is 0.588. The van der Waals surface area contributed by atoms with E-state index in [-0.39, 0.29) is 12.1 Å². The minimum absolute atomic E-state index is 0.0586. The molecule has 2 amide bonds. The number of unbranched alkanes of at least 4 members (excludes halogenated alkanes) is 1. The van der Waals surface area contributed by atoms with Crippen LogP contribution in [0, 0.1) is 0 Å². The quantitative estimate of drug-likeness (QED) is 0.751. The van der Waals surface area contributed by atoms with Crippen molar-refractivity contribution in [3.63, 3.8) is 0 Å². The lowest BCUT2D eigenvalue weighted by Gasteiger charge is -2.25. The summed E-state index contributed by atoms with van der Waals surface area (Å²) >= 11 is 0. The Hall–Kier alpha value is -1.51. The molecule has 1 unspecified atom stereocenters. The summed E-state index contributed by atoms with van der Waals surface area (Å²) in [4.78, 5) is 14.3. The molecule has 112 valence electrons. The Morgan fingerprint density at radius 1 is 1.15 bits per heavy atom. The third kappa shape index (κ3) is 5.24. The molecule has 0 spiro atoms. The third-order valence-electron chi connectivity index (χ3n) is 3.53. The second-order valence-corrected chi connectivity index (χ2v) is 5.13. The van der Waals surface area contributed by atoms with Crippen LogP contribution in [-0.2, 0) is 0 Å². The summed E-state index contributed by atoms with van der Waals surface area (Å²) in [6.45, 7) is 7.94. The van der Waals surface area contributed by atoms with E-state index in [4.69, 9.17) is 0 Å². The molecule has 0 aliphatic carbocycles. The first-order valence-electron chi connectivity index (χ1n) is 7.83. The van der Waals surface area contributed by atoms with Crippen LogP contribution in [-0.4, -0.2) is 24.0 Å². The van der Waals surface area contributed by atoms with Gasteiger partial charge in [0.15, 0.2) is 0 Å². The number of hydrogen-bond acceptors (Lipinski definition) is 1. The fourth-order valence-electron chi connectivity index (χ4n) is 2.29. The second-order valence-electron chi connectivity index (χ2n) is 5.13. The van der Waals surface area contributed by atoms with Crippen molar-refractivity contribution in [3.8, 4) is 0 Å². The number of benzene rings is 1. The number of rotatable bonds is 8. The first kappa shape index (κ1) is 16.5. The molecule has 0 saturated carbocycles. The van der Waals surface area contributed by atoms with Crippen LogP contribution in [0.25, 0.3) is 0 Å². The smallest absolute Gasteiger partial charge is 0.317 e. The minimum Gasteiger partial charge on any atom is -0.331 e. The molecule has 0 bridgehead atoms. The number of nitrogens with zero attached hydrogens (tertiary/aromatic N) is 1. The van der Waals surface area contributed by atoms with Crippen molar-refractivity contribution in [2.45, 2.75) is 52.5 Å². The lowest BCUT2D eigenvalue weighted by atomic mass is 10.0. The molecule has 1 aromatic rings. The summed E-state index contributed by atoms with van der Waals surface area (Å²) in [6, 6.07) is 10.4. The van der Waals surface area contributed by atoms with Crippen molar-refractivity contribution in [2.75, 3.05) is 13.1 Å². The molecule has 20 heavy (non-hydrogen) atoms. The van der Waals surface area contributed by atoms with Gasteiger partial charge in [0.25, 0.3) is 0 Å². The van der Waals surface area contributed by atoms with Crippen molar-refractivity contribution >= 4 is 6.03 Å². The van der Waals surface area contributed by atoms with E-state index in [9.17, 15) is 4.79 Å². The minimum atomic E-state index is 0.0586. The first-order valence-corrected chi connectivity index (χ1v) is 7.83. The van der Waals surface area contributed by atoms with Crippen molar-refractivity contribution in [1.29, 1.82) is 0 Å². The monoisotopic (exact) mass is 276 g/mol. The molecule has 1 rings (SSSR count). The number of nitrogens with one attached hydrogen (secondary N) is 1. The third-order valence-corrected chi connectivity index (χ3v) is 3.53. The lowest BCUT2D eigenvalue weighted by molar-refractivity contribution is 0.195.